The lowest BCUT2D eigenvalue weighted by molar-refractivity contribution is 0.626. The minimum atomic E-state index is -0.0822. The van der Waals surface area contributed by atoms with Gasteiger partial charge >= 0.3 is 0 Å². The number of aromatic nitrogens is 2. The number of hydrogen-bond acceptors (Lipinski definition) is 3. The van der Waals surface area contributed by atoms with Crippen LogP contribution in [0.3, 0.4) is 0 Å². The molecule has 1 atom stereocenters. The van der Waals surface area contributed by atoms with Crippen molar-refractivity contribution in [2.24, 2.45) is 0 Å². The van der Waals surface area contributed by atoms with Gasteiger partial charge in [0, 0.05) is 18.3 Å². The molecule has 3 rings (SSSR count). The molecule has 4 nitrogen and oxygen atoms in total. The van der Waals surface area contributed by atoms with E-state index >= 15 is 0 Å². The molecule has 3 heterocycles. The predicted molar refractivity (Wildman–Crippen MR) is 66.4 cm³/mol. The molecule has 0 bridgehead atoms. The van der Waals surface area contributed by atoms with Gasteiger partial charge in [0.2, 0.25) is 0 Å². The van der Waals surface area contributed by atoms with Gasteiger partial charge in [0.15, 0.2) is 0 Å². The highest BCUT2D eigenvalue weighted by Gasteiger charge is 2.18. The third-order valence-electron chi connectivity index (χ3n) is 3.06. The van der Waals surface area contributed by atoms with E-state index in [2.05, 4.69) is 10.3 Å². The topological polar surface area (TPSA) is 46.4 Å². The molecule has 0 radical (unpaired) electrons. The maximum atomic E-state index is 11.9. The molecule has 17 heavy (non-hydrogen) atoms. The second kappa shape index (κ2) is 4.13. The van der Waals surface area contributed by atoms with Gasteiger partial charge in [-0.1, -0.05) is 11.6 Å². The molecule has 1 fully saturated rings. The first-order valence-corrected chi connectivity index (χ1v) is 6.04. The van der Waals surface area contributed by atoms with Gasteiger partial charge in [-0.25, -0.2) is 4.98 Å². The van der Waals surface area contributed by atoms with E-state index in [1.165, 1.54) is 4.40 Å². The zero-order valence-electron chi connectivity index (χ0n) is 9.19. The Bertz CT molecular complexity index is 617. The van der Waals surface area contributed by atoms with Crippen LogP contribution in [0.15, 0.2) is 29.2 Å². The van der Waals surface area contributed by atoms with Gasteiger partial charge in [-0.3, -0.25) is 9.20 Å². The molecule has 0 aliphatic carbocycles. The highest BCUT2D eigenvalue weighted by atomic mass is 35.5. The number of nitrogens with zero attached hydrogens (tertiary/aromatic N) is 2. The summed E-state index contributed by atoms with van der Waals surface area (Å²) in [4.78, 5) is 16.4. The maximum absolute atomic E-state index is 11.9. The van der Waals surface area contributed by atoms with Crippen molar-refractivity contribution >= 4 is 17.2 Å². The van der Waals surface area contributed by atoms with Crippen LogP contribution in [-0.4, -0.2) is 15.9 Å². The maximum Gasteiger partial charge on any atom is 0.258 e. The molecule has 88 valence electrons. The molecule has 5 heteroatoms. The molecule has 0 spiro atoms. The van der Waals surface area contributed by atoms with E-state index < -0.39 is 0 Å². The van der Waals surface area contributed by atoms with Gasteiger partial charge < -0.3 is 5.32 Å². The zero-order chi connectivity index (χ0) is 11.8. The van der Waals surface area contributed by atoms with Gasteiger partial charge in [0.05, 0.1) is 10.7 Å². The van der Waals surface area contributed by atoms with Crippen LogP contribution < -0.4 is 10.9 Å². The van der Waals surface area contributed by atoms with Crippen molar-refractivity contribution in [1.29, 1.82) is 0 Å². The van der Waals surface area contributed by atoms with Crippen LogP contribution in [0, 0.1) is 0 Å². The van der Waals surface area contributed by atoms with Crippen LogP contribution in [0.25, 0.3) is 5.65 Å². The first kappa shape index (κ1) is 10.7. The average Bonchev–Trinajstić information content (AvgIpc) is 2.83. The second-order valence-corrected chi connectivity index (χ2v) is 4.68. The average molecular weight is 250 g/mol. The fourth-order valence-corrected chi connectivity index (χ4v) is 2.37. The Hall–Kier alpha value is -1.39. The summed E-state index contributed by atoms with van der Waals surface area (Å²) in [5.41, 5.74) is 1.39. The Morgan fingerprint density at radius 1 is 1.47 bits per heavy atom. The standard InChI is InChI=1S/C12H12ClN3O/c13-8-3-4-11-15-10(9-2-1-5-14-9)6-12(17)16(11)7-8/h3-4,6-7,9,14H,1-2,5H2. The fourth-order valence-electron chi connectivity index (χ4n) is 2.21. The largest absolute Gasteiger partial charge is 0.309 e. The highest BCUT2D eigenvalue weighted by Crippen LogP contribution is 2.20. The molecule has 0 aromatic carbocycles. The SMILES string of the molecule is O=c1cc(C2CCCN2)nc2ccc(Cl)cn12. The lowest BCUT2D eigenvalue weighted by Gasteiger charge is -2.10. The number of nitrogens with one attached hydrogen (secondary N) is 1. The van der Waals surface area contributed by atoms with Gasteiger partial charge in [-0.05, 0) is 31.5 Å². The molecule has 1 aliphatic rings. The van der Waals surface area contributed by atoms with E-state index in [0.717, 1.165) is 25.1 Å². The Kier molecular flexibility index (Phi) is 2.61. The summed E-state index contributed by atoms with van der Waals surface area (Å²) in [6.45, 7) is 0.992. The van der Waals surface area contributed by atoms with Crippen molar-refractivity contribution in [2.45, 2.75) is 18.9 Å². The van der Waals surface area contributed by atoms with Gasteiger partial charge in [-0.2, -0.15) is 0 Å². The minimum absolute atomic E-state index is 0.0822. The summed E-state index contributed by atoms with van der Waals surface area (Å²) in [6, 6.07) is 5.31. The van der Waals surface area contributed by atoms with Crippen molar-refractivity contribution in [3.63, 3.8) is 0 Å². The van der Waals surface area contributed by atoms with Gasteiger partial charge in [-0.15, -0.1) is 0 Å². The van der Waals surface area contributed by atoms with Crippen molar-refractivity contribution in [1.82, 2.24) is 14.7 Å². The summed E-state index contributed by atoms with van der Waals surface area (Å²) < 4.78 is 1.47. The summed E-state index contributed by atoms with van der Waals surface area (Å²) in [5.74, 6) is 0. The smallest absolute Gasteiger partial charge is 0.258 e. The van der Waals surface area contributed by atoms with E-state index in [9.17, 15) is 4.79 Å². The molecule has 2 aromatic rings. The lowest BCUT2D eigenvalue weighted by atomic mass is 10.1. The number of hydrogen-bond donors (Lipinski definition) is 1. The Morgan fingerprint density at radius 2 is 2.35 bits per heavy atom. The van der Waals surface area contributed by atoms with E-state index in [4.69, 9.17) is 11.6 Å². The third-order valence-corrected chi connectivity index (χ3v) is 3.28. The van der Waals surface area contributed by atoms with Crippen LogP contribution in [0.1, 0.15) is 24.6 Å². The second-order valence-electron chi connectivity index (χ2n) is 4.24. The highest BCUT2D eigenvalue weighted by molar-refractivity contribution is 6.30. The van der Waals surface area contributed by atoms with E-state index in [1.807, 2.05) is 0 Å². The quantitative estimate of drug-likeness (QED) is 0.838. The molecular formula is C12H12ClN3O. The van der Waals surface area contributed by atoms with E-state index in [-0.39, 0.29) is 11.6 Å². The number of halogens is 1. The van der Waals surface area contributed by atoms with Crippen molar-refractivity contribution in [2.75, 3.05) is 6.54 Å². The summed E-state index contributed by atoms with van der Waals surface area (Å²) in [5, 5.41) is 3.87. The van der Waals surface area contributed by atoms with E-state index in [0.29, 0.717) is 10.7 Å². The Labute approximate surface area is 103 Å². The minimum Gasteiger partial charge on any atom is -0.309 e. The van der Waals surface area contributed by atoms with Crippen molar-refractivity contribution in [3.8, 4) is 0 Å². The molecule has 1 unspecified atom stereocenters. The van der Waals surface area contributed by atoms with Crippen LogP contribution in [0.5, 0.6) is 0 Å². The van der Waals surface area contributed by atoms with E-state index in [1.54, 1.807) is 24.4 Å². The number of pyridine rings is 1. The molecule has 2 aromatic heterocycles. The molecule has 0 amide bonds. The normalized spacial score (nSPS) is 19.9. The fraction of sp³-hybridized carbons (Fsp3) is 0.333. The Morgan fingerprint density at radius 3 is 3.12 bits per heavy atom. The van der Waals surface area contributed by atoms with Crippen molar-refractivity contribution < 1.29 is 0 Å². The first-order chi connectivity index (χ1) is 8.24. The summed E-state index contributed by atoms with van der Waals surface area (Å²) in [6.07, 6.45) is 3.76. The summed E-state index contributed by atoms with van der Waals surface area (Å²) in [7, 11) is 0. The predicted octanol–water partition coefficient (Wildman–Crippen LogP) is 1.77. The van der Waals surface area contributed by atoms with Crippen LogP contribution in [-0.2, 0) is 0 Å². The number of fused-ring (bicyclic) bond motifs is 1. The molecule has 0 saturated carbocycles. The monoisotopic (exact) mass is 249 g/mol. The van der Waals surface area contributed by atoms with Crippen LogP contribution >= 0.6 is 11.6 Å². The van der Waals surface area contributed by atoms with Crippen molar-refractivity contribution in [3.05, 3.63) is 45.5 Å². The van der Waals surface area contributed by atoms with Gasteiger partial charge in [0.1, 0.15) is 5.65 Å². The Balaban J connectivity index is 2.17. The first-order valence-electron chi connectivity index (χ1n) is 5.66. The molecule has 1 aliphatic heterocycles. The molecule has 1 N–H and O–H groups in total. The number of rotatable bonds is 1. The zero-order valence-corrected chi connectivity index (χ0v) is 9.94. The molecule has 1 saturated heterocycles. The molecular weight excluding hydrogens is 238 g/mol. The third kappa shape index (κ3) is 1.94. The van der Waals surface area contributed by atoms with Gasteiger partial charge in [0.25, 0.3) is 5.56 Å². The van der Waals surface area contributed by atoms with Crippen LogP contribution in [0.2, 0.25) is 5.02 Å². The summed E-state index contributed by atoms with van der Waals surface area (Å²) >= 11 is 5.86. The lowest BCUT2D eigenvalue weighted by Crippen LogP contribution is -2.20. The van der Waals surface area contributed by atoms with Crippen LogP contribution in [0.4, 0.5) is 0 Å².